The van der Waals surface area contributed by atoms with Gasteiger partial charge in [0, 0.05) is 19.6 Å². The van der Waals surface area contributed by atoms with Crippen molar-refractivity contribution in [2.24, 2.45) is 5.41 Å². The van der Waals surface area contributed by atoms with Crippen LogP contribution in [0.2, 0.25) is 0 Å². The second-order valence-corrected chi connectivity index (χ2v) is 7.31. The van der Waals surface area contributed by atoms with Crippen LogP contribution in [-0.2, 0) is 9.53 Å². The summed E-state index contributed by atoms with van der Waals surface area (Å²) in [4.78, 5) is 16.5. The van der Waals surface area contributed by atoms with Gasteiger partial charge in [0.05, 0.1) is 13.2 Å². The summed E-state index contributed by atoms with van der Waals surface area (Å²) in [6, 6.07) is 10.0. The van der Waals surface area contributed by atoms with Crippen LogP contribution in [0.25, 0.3) is 0 Å². The number of piperidine rings is 1. The molecule has 3 rings (SSSR count). The highest BCUT2D eigenvalue weighted by Crippen LogP contribution is 2.38. The molecule has 0 bridgehead atoms. The molecule has 1 aromatic carbocycles. The minimum atomic E-state index is -0.0940. The van der Waals surface area contributed by atoms with Gasteiger partial charge in [-0.25, -0.2) is 0 Å². The van der Waals surface area contributed by atoms with Crippen molar-refractivity contribution in [3.8, 4) is 5.75 Å². The SMILES string of the molecule is CCOC(=O)CN1CC[C@]2(CCCN(CCOc3ccccc3)C2)C1. The molecule has 25 heavy (non-hydrogen) atoms. The van der Waals surface area contributed by atoms with Crippen LogP contribution in [0.1, 0.15) is 26.2 Å². The summed E-state index contributed by atoms with van der Waals surface area (Å²) in [5, 5.41) is 0. The number of hydrogen-bond donors (Lipinski definition) is 0. The lowest BCUT2D eigenvalue weighted by Crippen LogP contribution is -2.46. The van der Waals surface area contributed by atoms with Gasteiger partial charge in [0.1, 0.15) is 12.4 Å². The minimum absolute atomic E-state index is 0.0940. The maximum atomic E-state index is 11.7. The number of esters is 1. The molecule has 138 valence electrons. The molecule has 5 heteroatoms. The third-order valence-electron chi connectivity index (χ3n) is 5.34. The van der Waals surface area contributed by atoms with Crippen LogP contribution in [0.15, 0.2) is 30.3 Å². The Kier molecular flexibility index (Phi) is 6.32. The smallest absolute Gasteiger partial charge is 0.320 e. The molecule has 0 radical (unpaired) electrons. The molecule has 1 atom stereocenters. The molecule has 2 fully saturated rings. The number of carbonyl (C=O) groups excluding carboxylic acids is 1. The summed E-state index contributed by atoms with van der Waals surface area (Å²) in [7, 11) is 0. The molecule has 2 aliphatic rings. The maximum Gasteiger partial charge on any atom is 0.320 e. The fourth-order valence-corrected chi connectivity index (χ4v) is 4.20. The Balaban J connectivity index is 1.44. The molecule has 1 aromatic rings. The average Bonchev–Trinajstić information content (AvgIpc) is 2.98. The van der Waals surface area contributed by atoms with Gasteiger partial charge in [0.15, 0.2) is 0 Å². The first-order valence-electron chi connectivity index (χ1n) is 9.47. The third kappa shape index (κ3) is 5.19. The van der Waals surface area contributed by atoms with Crippen molar-refractivity contribution in [3.63, 3.8) is 0 Å². The van der Waals surface area contributed by atoms with Crippen LogP contribution in [0.5, 0.6) is 5.75 Å². The molecule has 2 saturated heterocycles. The van der Waals surface area contributed by atoms with Crippen LogP contribution in [0, 0.1) is 5.41 Å². The van der Waals surface area contributed by atoms with E-state index in [2.05, 4.69) is 9.80 Å². The normalized spacial score (nSPS) is 24.5. The number of nitrogens with zero attached hydrogens (tertiary/aromatic N) is 2. The van der Waals surface area contributed by atoms with Crippen molar-refractivity contribution in [2.75, 3.05) is 52.5 Å². The first-order valence-corrected chi connectivity index (χ1v) is 9.47. The van der Waals surface area contributed by atoms with E-state index in [0.717, 1.165) is 45.1 Å². The van der Waals surface area contributed by atoms with Crippen LogP contribution in [-0.4, -0.2) is 68.3 Å². The van der Waals surface area contributed by atoms with Crippen LogP contribution in [0.3, 0.4) is 0 Å². The standard InChI is InChI=1S/C20H30N2O3/c1-2-24-19(23)15-22-12-10-20(17-22)9-6-11-21(16-20)13-14-25-18-7-4-3-5-8-18/h3-5,7-8H,2,6,9-17H2,1H3/t20-/m0/s1. The van der Waals surface area contributed by atoms with E-state index >= 15 is 0 Å². The Hall–Kier alpha value is -1.59. The number of likely N-dealkylation sites (tertiary alicyclic amines) is 2. The predicted octanol–water partition coefficient (Wildman–Crippen LogP) is 2.42. The van der Waals surface area contributed by atoms with Crippen LogP contribution >= 0.6 is 0 Å². The monoisotopic (exact) mass is 346 g/mol. The third-order valence-corrected chi connectivity index (χ3v) is 5.34. The molecule has 1 spiro atoms. The molecule has 5 nitrogen and oxygen atoms in total. The molecule has 2 aliphatic heterocycles. The van der Waals surface area contributed by atoms with E-state index in [-0.39, 0.29) is 5.97 Å². The van der Waals surface area contributed by atoms with Crippen molar-refractivity contribution in [3.05, 3.63) is 30.3 Å². The van der Waals surface area contributed by atoms with Crippen molar-refractivity contribution in [1.82, 2.24) is 9.80 Å². The Morgan fingerprint density at radius 1 is 1.12 bits per heavy atom. The average molecular weight is 346 g/mol. The number of para-hydroxylation sites is 1. The number of rotatable bonds is 7. The van der Waals surface area contributed by atoms with Crippen molar-refractivity contribution >= 4 is 5.97 Å². The molecule has 0 unspecified atom stereocenters. The number of benzene rings is 1. The van der Waals surface area contributed by atoms with Crippen LogP contribution in [0.4, 0.5) is 0 Å². The second-order valence-electron chi connectivity index (χ2n) is 7.31. The zero-order chi connectivity index (χ0) is 17.5. The molecule has 0 N–H and O–H groups in total. The molecule has 0 aliphatic carbocycles. The summed E-state index contributed by atoms with van der Waals surface area (Å²) < 4.78 is 10.9. The first-order chi connectivity index (χ1) is 12.2. The fourth-order valence-electron chi connectivity index (χ4n) is 4.20. The maximum absolute atomic E-state index is 11.7. The molecular weight excluding hydrogens is 316 g/mol. The van der Waals surface area contributed by atoms with E-state index in [1.165, 1.54) is 19.3 Å². The van der Waals surface area contributed by atoms with Gasteiger partial charge in [-0.3, -0.25) is 14.6 Å². The van der Waals surface area contributed by atoms with E-state index in [1.807, 2.05) is 37.3 Å². The largest absolute Gasteiger partial charge is 0.492 e. The molecule has 2 heterocycles. The van der Waals surface area contributed by atoms with Crippen molar-refractivity contribution < 1.29 is 14.3 Å². The zero-order valence-corrected chi connectivity index (χ0v) is 15.3. The van der Waals surface area contributed by atoms with Gasteiger partial charge in [0.2, 0.25) is 0 Å². The second kappa shape index (κ2) is 8.68. The van der Waals surface area contributed by atoms with E-state index in [1.54, 1.807) is 0 Å². The zero-order valence-electron chi connectivity index (χ0n) is 15.3. The Labute approximate surface area is 150 Å². The molecule has 0 aromatic heterocycles. The first kappa shape index (κ1) is 18.2. The van der Waals surface area contributed by atoms with Crippen molar-refractivity contribution in [1.29, 1.82) is 0 Å². The Morgan fingerprint density at radius 2 is 1.92 bits per heavy atom. The summed E-state index contributed by atoms with van der Waals surface area (Å²) in [6.07, 6.45) is 3.68. The quantitative estimate of drug-likeness (QED) is 0.709. The van der Waals surface area contributed by atoms with Gasteiger partial charge in [-0.15, -0.1) is 0 Å². The summed E-state index contributed by atoms with van der Waals surface area (Å²) in [6.45, 7) is 8.75. The van der Waals surface area contributed by atoms with Crippen molar-refractivity contribution in [2.45, 2.75) is 26.2 Å². The summed E-state index contributed by atoms with van der Waals surface area (Å²) in [5.41, 5.74) is 0.345. The van der Waals surface area contributed by atoms with Gasteiger partial charge < -0.3 is 9.47 Å². The van der Waals surface area contributed by atoms with E-state index in [4.69, 9.17) is 9.47 Å². The Morgan fingerprint density at radius 3 is 2.72 bits per heavy atom. The lowest BCUT2D eigenvalue weighted by Gasteiger charge is -2.40. The number of ether oxygens (including phenoxy) is 2. The van der Waals surface area contributed by atoms with Gasteiger partial charge in [-0.05, 0) is 56.8 Å². The molecule has 0 saturated carbocycles. The molecular formula is C20H30N2O3. The molecule has 0 amide bonds. The topological polar surface area (TPSA) is 42.0 Å². The van der Waals surface area contributed by atoms with Crippen LogP contribution < -0.4 is 4.74 Å². The van der Waals surface area contributed by atoms with Gasteiger partial charge in [0.25, 0.3) is 0 Å². The van der Waals surface area contributed by atoms with Gasteiger partial charge in [-0.2, -0.15) is 0 Å². The summed E-state index contributed by atoms with van der Waals surface area (Å²) in [5.74, 6) is 0.846. The van der Waals surface area contributed by atoms with E-state index in [9.17, 15) is 4.79 Å². The van der Waals surface area contributed by atoms with Gasteiger partial charge in [-0.1, -0.05) is 18.2 Å². The van der Waals surface area contributed by atoms with E-state index < -0.39 is 0 Å². The van der Waals surface area contributed by atoms with E-state index in [0.29, 0.717) is 18.6 Å². The van der Waals surface area contributed by atoms with Gasteiger partial charge >= 0.3 is 5.97 Å². The highest BCUT2D eigenvalue weighted by atomic mass is 16.5. The predicted molar refractivity (Wildman–Crippen MR) is 97.7 cm³/mol. The summed E-state index contributed by atoms with van der Waals surface area (Å²) >= 11 is 0. The highest BCUT2D eigenvalue weighted by Gasteiger charge is 2.41. The Bertz CT molecular complexity index is 551. The highest BCUT2D eigenvalue weighted by molar-refractivity contribution is 5.71. The lowest BCUT2D eigenvalue weighted by atomic mass is 9.79. The number of hydrogen-bond acceptors (Lipinski definition) is 5. The minimum Gasteiger partial charge on any atom is -0.492 e. The number of carbonyl (C=O) groups is 1. The fraction of sp³-hybridized carbons (Fsp3) is 0.650. The lowest BCUT2D eigenvalue weighted by molar-refractivity contribution is -0.144.